The van der Waals surface area contributed by atoms with Gasteiger partial charge in [-0.1, -0.05) is 42.5 Å². The summed E-state index contributed by atoms with van der Waals surface area (Å²) in [6, 6.07) is 17.7. The number of aromatic hydroxyl groups is 1. The molecule has 5 rings (SSSR count). The summed E-state index contributed by atoms with van der Waals surface area (Å²) in [7, 11) is 0. The number of fused-ring (bicyclic) bond motifs is 3. The van der Waals surface area contributed by atoms with Gasteiger partial charge in [-0.05, 0) is 35.4 Å². The largest absolute Gasteiger partial charge is 0.508 e. The summed E-state index contributed by atoms with van der Waals surface area (Å²) in [5.74, 6) is -0.178. The van der Waals surface area contributed by atoms with Gasteiger partial charge in [0.25, 0.3) is 0 Å². The van der Waals surface area contributed by atoms with Gasteiger partial charge in [0.15, 0.2) is 0 Å². The van der Waals surface area contributed by atoms with Crippen LogP contribution in [0.1, 0.15) is 12.0 Å². The van der Waals surface area contributed by atoms with Crippen molar-refractivity contribution in [2.45, 2.75) is 25.0 Å². The highest BCUT2D eigenvalue weighted by molar-refractivity contribution is 6.01. The number of para-hydroxylation sites is 1. The maximum atomic E-state index is 14.2. The third-order valence-electron chi connectivity index (χ3n) is 5.76. The number of phenolic OH excluding ortho intramolecular Hbond substituents is 1. The second-order valence-corrected chi connectivity index (χ2v) is 7.28. The number of halogens is 1. The Morgan fingerprint density at radius 1 is 1.04 bits per heavy atom. The lowest BCUT2D eigenvalue weighted by atomic mass is 10.0. The number of phenols is 1. The van der Waals surface area contributed by atoms with Gasteiger partial charge in [0, 0.05) is 18.7 Å². The Morgan fingerprint density at radius 2 is 1.81 bits per heavy atom. The van der Waals surface area contributed by atoms with Gasteiger partial charge in [0.05, 0.1) is 17.8 Å². The molecule has 5 heteroatoms. The lowest BCUT2D eigenvalue weighted by molar-refractivity contribution is -0.122. The van der Waals surface area contributed by atoms with E-state index in [0.717, 1.165) is 16.3 Å². The van der Waals surface area contributed by atoms with E-state index in [4.69, 9.17) is 0 Å². The Bertz CT molecular complexity index is 1050. The number of anilines is 1. The molecule has 1 N–H and O–H groups in total. The number of nitrogens with zero attached hydrogens (tertiary/aromatic N) is 2. The summed E-state index contributed by atoms with van der Waals surface area (Å²) in [6.07, 6.45) is 0.693. The van der Waals surface area contributed by atoms with Crippen LogP contribution in [0, 0.1) is 5.82 Å². The van der Waals surface area contributed by atoms with Gasteiger partial charge >= 0.3 is 0 Å². The second-order valence-electron chi connectivity index (χ2n) is 7.28. The number of hydrogen-bond donors (Lipinski definition) is 1. The second kappa shape index (κ2) is 6.06. The molecule has 2 fully saturated rings. The number of carbonyl (C=O) groups is 1. The minimum atomic E-state index is -0.364. The summed E-state index contributed by atoms with van der Waals surface area (Å²) >= 11 is 0. The first kappa shape index (κ1) is 16.3. The molecule has 3 aromatic rings. The number of piperazine rings is 1. The summed E-state index contributed by atoms with van der Waals surface area (Å²) < 4.78 is 14.2. The van der Waals surface area contributed by atoms with Crippen LogP contribution in [0.2, 0.25) is 0 Å². The zero-order valence-corrected chi connectivity index (χ0v) is 14.7. The quantitative estimate of drug-likeness (QED) is 0.773. The minimum Gasteiger partial charge on any atom is -0.508 e. The average molecular weight is 362 g/mol. The lowest BCUT2D eigenvalue weighted by Gasteiger charge is -2.34. The van der Waals surface area contributed by atoms with Crippen LogP contribution in [0.25, 0.3) is 10.8 Å². The molecular formula is C22H19FN2O2. The van der Waals surface area contributed by atoms with Crippen molar-refractivity contribution in [3.05, 3.63) is 72.0 Å². The first-order valence-electron chi connectivity index (χ1n) is 9.15. The Morgan fingerprint density at radius 3 is 2.63 bits per heavy atom. The molecule has 136 valence electrons. The number of amides is 1. The van der Waals surface area contributed by atoms with Crippen LogP contribution in [-0.4, -0.2) is 34.5 Å². The molecule has 0 radical (unpaired) electrons. The molecule has 27 heavy (non-hydrogen) atoms. The van der Waals surface area contributed by atoms with E-state index in [2.05, 4.69) is 4.90 Å². The standard InChI is InChI=1S/C22H19FN2O2/c23-18-7-3-4-8-19(18)25-15-11-20(22(25)27)24(12-15)13-17-16-6-2-1-5-14(16)9-10-21(17)26/h1-10,15,20,26H,11-13H2/t15-,20-/m0/s1. The van der Waals surface area contributed by atoms with Crippen molar-refractivity contribution >= 4 is 22.4 Å². The third-order valence-corrected chi connectivity index (χ3v) is 5.76. The molecule has 3 aromatic carbocycles. The van der Waals surface area contributed by atoms with Crippen LogP contribution in [0.4, 0.5) is 10.1 Å². The van der Waals surface area contributed by atoms with Crippen LogP contribution >= 0.6 is 0 Å². The smallest absolute Gasteiger partial charge is 0.244 e. The number of benzene rings is 3. The van der Waals surface area contributed by atoms with Crippen molar-refractivity contribution in [2.24, 2.45) is 0 Å². The molecule has 0 saturated carbocycles. The maximum absolute atomic E-state index is 14.2. The predicted octanol–water partition coefficient (Wildman–Crippen LogP) is 3.67. The predicted molar refractivity (Wildman–Crippen MR) is 102 cm³/mol. The molecule has 2 heterocycles. The lowest BCUT2D eigenvalue weighted by Crippen LogP contribution is -2.50. The van der Waals surface area contributed by atoms with E-state index < -0.39 is 0 Å². The summed E-state index contributed by atoms with van der Waals surface area (Å²) in [5, 5.41) is 12.5. The van der Waals surface area contributed by atoms with Gasteiger partial charge in [-0.25, -0.2) is 4.39 Å². The molecule has 2 aliphatic rings. The van der Waals surface area contributed by atoms with Crippen molar-refractivity contribution in [1.29, 1.82) is 0 Å². The van der Waals surface area contributed by atoms with Crippen LogP contribution in [0.3, 0.4) is 0 Å². The van der Waals surface area contributed by atoms with Gasteiger partial charge in [-0.3, -0.25) is 9.69 Å². The molecule has 0 spiro atoms. The van der Waals surface area contributed by atoms with Crippen molar-refractivity contribution < 1.29 is 14.3 Å². The highest BCUT2D eigenvalue weighted by Gasteiger charge is 2.50. The Balaban J connectivity index is 1.44. The first-order chi connectivity index (χ1) is 13.1. The van der Waals surface area contributed by atoms with Crippen LogP contribution in [-0.2, 0) is 11.3 Å². The van der Waals surface area contributed by atoms with Crippen LogP contribution in [0.15, 0.2) is 60.7 Å². The Kier molecular flexibility index (Phi) is 3.65. The van der Waals surface area contributed by atoms with Crippen molar-refractivity contribution in [2.75, 3.05) is 11.4 Å². The van der Waals surface area contributed by atoms with Crippen LogP contribution < -0.4 is 4.90 Å². The van der Waals surface area contributed by atoms with E-state index in [1.165, 1.54) is 6.07 Å². The molecule has 0 aromatic heterocycles. The Labute approximate surface area is 156 Å². The van der Waals surface area contributed by atoms with Crippen molar-refractivity contribution in [3.63, 3.8) is 0 Å². The summed E-state index contributed by atoms with van der Waals surface area (Å²) in [5.41, 5.74) is 1.20. The average Bonchev–Trinajstić information content (AvgIpc) is 3.22. The van der Waals surface area contributed by atoms with Gasteiger partial charge in [-0.2, -0.15) is 0 Å². The van der Waals surface area contributed by atoms with Gasteiger partial charge in [0.1, 0.15) is 11.6 Å². The zero-order valence-electron chi connectivity index (χ0n) is 14.7. The van der Waals surface area contributed by atoms with Gasteiger partial charge < -0.3 is 10.0 Å². The fraction of sp³-hybridized carbons (Fsp3) is 0.227. The normalized spacial score (nSPS) is 22.1. The fourth-order valence-corrected chi connectivity index (χ4v) is 4.49. The molecule has 2 aliphatic heterocycles. The van der Waals surface area contributed by atoms with Gasteiger partial charge in [0.2, 0.25) is 5.91 Å². The monoisotopic (exact) mass is 362 g/mol. The highest BCUT2D eigenvalue weighted by Crippen LogP contribution is 2.39. The molecule has 0 unspecified atom stereocenters. The molecular weight excluding hydrogens is 343 g/mol. The maximum Gasteiger partial charge on any atom is 0.244 e. The topological polar surface area (TPSA) is 43.8 Å². The van der Waals surface area contributed by atoms with E-state index in [9.17, 15) is 14.3 Å². The van der Waals surface area contributed by atoms with Gasteiger partial charge in [-0.15, -0.1) is 0 Å². The van der Waals surface area contributed by atoms with Crippen molar-refractivity contribution in [1.82, 2.24) is 4.90 Å². The van der Waals surface area contributed by atoms with E-state index in [1.807, 2.05) is 30.3 Å². The molecule has 2 atom stereocenters. The first-order valence-corrected chi connectivity index (χ1v) is 9.15. The number of hydrogen-bond acceptors (Lipinski definition) is 3. The summed E-state index contributed by atoms with van der Waals surface area (Å²) in [4.78, 5) is 16.6. The van der Waals surface area contributed by atoms with E-state index in [1.54, 1.807) is 29.2 Å². The fourth-order valence-electron chi connectivity index (χ4n) is 4.49. The number of likely N-dealkylation sites (tertiary alicyclic amines) is 1. The molecule has 1 amide bonds. The van der Waals surface area contributed by atoms with E-state index in [-0.39, 0.29) is 29.6 Å². The molecule has 2 saturated heterocycles. The zero-order chi connectivity index (χ0) is 18.5. The van der Waals surface area contributed by atoms with E-state index in [0.29, 0.717) is 25.2 Å². The molecule has 0 aliphatic carbocycles. The SMILES string of the molecule is O=C1[C@@H]2C[C@@H](CN2Cc2c(O)ccc3ccccc23)N1c1ccccc1F. The molecule has 4 nitrogen and oxygen atoms in total. The van der Waals surface area contributed by atoms with E-state index >= 15 is 0 Å². The molecule has 2 bridgehead atoms. The Hall–Kier alpha value is -2.92. The van der Waals surface area contributed by atoms with Crippen molar-refractivity contribution in [3.8, 4) is 5.75 Å². The number of rotatable bonds is 3. The third kappa shape index (κ3) is 2.50. The van der Waals surface area contributed by atoms with Crippen LogP contribution in [0.5, 0.6) is 5.75 Å². The minimum absolute atomic E-state index is 0.0310. The summed E-state index contributed by atoms with van der Waals surface area (Å²) in [6.45, 7) is 1.18. The highest BCUT2D eigenvalue weighted by atomic mass is 19.1. The number of carbonyl (C=O) groups excluding carboxylic acids is 1.